The summed E-state index contributed by atoms with van der Waals surface area (Å²) in [7, 11) is 0. The molecule has 4 nitrogen and oxygen atoms in total. The van der Waals surface area contributed by atoms with Gasteiger partial charge in [-0.05, 0) is 42.7 Å². The number of nitrogens with zero attached hydrogens (tertiary/aromatic N) is 1. The molecule has 2 aromatic carbocycles. The highest BCUT2D eigenvalue weighted by Crippen LogP contribution is 2.25. The van der Waals surface area contributed by atoms with Gasteiger partial charge in [-0.1, -0.05) is 66.0 Å². The molecule has 0 saturated carbocycles. The van der Waals surface area contributed by atoms with E-state index < -0.39 is 6.04 Å². The van der Waals surface area contributed by atoms with Gasteiger partial charge in [0, 0.05) is 33.9 Å². The first kappa shape index (κ1) is 24.9. The number of rotatable bonds is 10. The van der Waals surface area contributed by atoms with Crippen molar-refractivity contribution in [2.45, 2.75) is 38.6 Å². The molecule has 1 N–H and O–H groups in total. The number of halogens is 3. The van der Waals surface area contributed by atoms with E-state index in [9.17, 15) is 9.59 Å². The summed E-state index contributed by atoms with van der Waals surface area (Å²) in [5.41, 5.74) is 1.72. The molecule has 0 spiro atoms. The van der Waals surface area contributed by atoms with E-state index in [0.29, 0.717) is 33.8 Å². The normalized spacial score (nSPS) is 11.8. The lowest BCUT2D eigenvalue weighted by Crippen LogP contribution is -2.49. The minimum absolute atomic E-state index is 0.129. The lowest BCUT2D eigenvalue weighted by atomic mass is 10.1. The number of hydrogen-bond donors (Lipinski definition) is 1. The molecule has 2 rings (SSSR count). The van der Waals surface area contributed by atoms with Crippen LogP contribution in [0.15, 0.2) is 42.5 Å². The van der Waals surface area contributed by atoms with E-state index in [2.05, 4.69) is 5.32 Å². The molecule has 0 heterocycles. The predicted molar refractivity (Wildman–Crippen MR) is 127 cm³/mol. The van der Waals surface area contributed by atoms with Crippen LogP contribution in [-0.4, -0.2) is 35.1 Å². The molecule has 0 aliphatic carbocycles. The fourth-order valence-electron chi connectivity index (χ4n) is 2.99. The summed E-state index contributed by atoms with van der Waals surface area (Å²) in [6, 6.07) is 12.1. The van der Waals surface area contributed by atoms with Gasteiger partial charge in [0.05, 0.1) is 5.75 Å². The second-order valence-corrected chi connectivity index (χ2v) is 8.90. The average Bonchev–Trinajstić information content (AvgIpc) is 2.71. The van der Waals surface area contributed by atoms with Crippen molar-refractivity contribution in [1.82, 2.24) is 10.2 Å². The number of hydrogen-bond acceptors (Lipinski definition) is 3. The zero-order valence-corrected chi connectivity index (χ0v) is 20.0. The van der Waals surface area contributed by atoms with Crippen molar-refractivity contribution in [1.29, 1.82) is 0 Å². The van der Waals surface area contributed by atoms with Crippen molar-refractivity contribution in [2.75, 3.05) is 12.3 Å². The number of carbonyl (C=O) groups is 2. The number of likely N-dealkylation sites (N-methyl/N-ethyl adjacent to an activating group) is 1. The Kier molecular flexibility index (Phi) is 10.3. The molecule has 1 atom stereocenters. The molecule has 0 aromatic heterocycles. The smallest absolute Gasteiger partial charge is 0.242 e. The molecule has 0 bridgehead atoms. The van der Waals surface area contributed by atoms with Gasteiger partial charge in [-0.15, -0.1) is 11.8 Å². The van der Waals surface area contributed by atoms with E-state index in [1.165, 1.54) is 11.8 Å². The first-order valence-corrected chi connectivity index (χ1v) is 12.0. The molecular weight excluding hydrogens is 463 g/mol. The quantitative estimate of drug-likeness (QED) is 0.459. The van der Waals surface area contributed by atoms with Gasteiger partial charge < -0.3 is 10.2 Å². The Bertz CT molecular complexity index is 879. The lowest BCUT2D eigenvalue weighted by Gasteiger charge is -2.30. The van der Waals surface area contributed by atoms with Crippen molar-refractivity contribution in [3.8, 4) is 0 Å². The number of nitrogens with one attached hydrogen (secondary N) is 1. The van der Waals surface area contributed by atoms with Gasteiger partial charge in [0.1, 0.15) is 6.04 Å². The van der Waals surface area contributed by atoms with E-state index in [-0.39, 0.29) is 24.1 Å². The van der Waals surface area contributed by atoms with Crippen molar-refractivity contribution in [3.05, 3.63) is 68.7 Å². The fraction of sp³-hybridized carbons (Fsp3) is 0.364. The zero-order chi connectivity index (χ0) is 22.1. The van der Waals surface area contributed by atoms with Crippen molar-refractivity contribution >= 4 is 58.4 Å². The van der Waals surface area contributed by atoms with E-state index in [0.717, 1.165) is 11.1 Å². The average molecular weight is 488 g/mol. The van der Waals surface area contributed by atoms with Crippen LogP contribution in [0.5, 0.6) is 0 Å². The molecule has 162 valence electrons. The third kappa shape index (κ3) is 7.09. The van der Waals surface area contributed by atoms with Crippen LogP contribution in [0.3, 0.4) is 0 Å². The Balaban J connectivity index is 2.17. The van der Waals surface area contributed by atoms with Crippen LogP contribution in [0, 0.1) is 0 Å². The fourth-order valence-corrected chi connectivity index (χ4v) is 4.66. The van der Waals surface area contributed by atoms with Gasteiger partial charge in [-0.2, -0.15) is 0 Å². The Morgan fingerprint density at radius 3 is 2.40 bits per heavy atom. The first-order valence-electron chi connectivity index (χ1n) is 9.69. The largest absolute Gasteiger partial charge is 0.355 e. The summed E-state index contributed by atoms with van der Waals surface area (Å²) in [5.74, 6) is 0.538. The van der Waals surface area contributed by atoms with Gasteiger partial charge in [-0.25, -0.2) is 0 Å². The Morgan fingerprint density at radius 2 is 1.77 bits per heavy atom. The van der Waals surface area contributed by atoms with Crippen molar-refractivity contribution in [3.63, 3.8) is 0 Å². The predicted octanol–water partition coefficient (Wildman–Crippen LogP) is 5.82. The van der Waals surface area contributed by atoms with E-state index in [1.807, 2.05) is 38.1 Å². The van der Waals surface area contributed by atoms with Gasteiger partial charge in [-0.3, -0.25) is 9.59 Å². The molecule has 0 unspecified atom stereocenters. The van der Waals surface area contributed by atoms with E-state index >= 15 is 0 Å². The molecule has 0 fully saturated rings. The number of benzene rings is 2. The van der Waals surface area contributed by atoms with Crippen LogP contribution < -0.4 is 5.32 Å². The lowest BCUT2D eigenvalue weighted by molar-refractivity contribution is -0.139. The first-order chi connectivity index (χ1) is 14.4. The summed E-state index contributed by atoms with van der Waals surface area (Å²) in [4.78, 5) is 27.3. The number of thioether (sulfide) groups is 1. The summed E-state index contributed by atoms with van der Waals surface area (Å²) < 4.78 is 0. The topological polar surface area (TPSA) is 49.4 Å². The van der Waals surface area contributed by atoms with Gasteiger partial charge in [0.15, 0.2) is 0 Å². The molecule has 0 radical (unpaired) electrons. The van der Waals surface area contributed by atoms with Crippen LogP contribution in [0.1, 0.15) is 31.4 Å². The van der Waals surface area contributed by atoms with Gasteiger partial charge in [0.25, 0.3) is 0 Å². The SMILES string of the molecule is CCNC(=O)[C@H](CC)N(Cc1ccc(Cl)cc1Cl)C(=O)CSCc1ccccc1Cl. The monoisotopic (exact) mass is 486 g/mol. The minimum Gasteiger partial charge on any atom is -0.355 e. The second-order valence-electron chi connectivity index (χ2n) is 6.66. The second kappa shape index (κ2) is 12.5. The van der Waals surface area contributed by atoms with Crippen molar-refractivity contribution in [2.24, 2.45) is 0 Å². The number of amides is 2. The zero-order valence-electron chi connectivity index (χ0n) is 17.0. The minimum atomic E-state index is -0.579. The molecular formula is C22H25Cl3N2O2S. The summed E-state index contributed by atoms with van der Waals surface area (Å²) in [5, 5.41) is 4.48. The summed E-state index contributed by atoms with van der Waals surface area (Å²) in [6.45, 7) is 4.48. The molecule has 2 aromatic rings. The molecule has 0 aliphatic rings. The molecule has 2 amide bonds. The maximum absolute atomic E-state index is 13.1. The van der Waals surface area contributed by atoms with Crippen LogP contribution >= 0.6 is 46.6 Å². The van der Waals surface area contributed by atoms with Gasteiger partial charge in [0.2, 0.25) is 11.8 Å². The number of carbonyl (C=O) groups excluding carboxylic acids is 2. The highest BCUT2D eigenvalue weighted by Gasteiger charge is 2.28. The standard InChI is InChI=1S/C22H25Cl3N2O2S/c1-3-20(22(29)26-4-2)27(12-15-9-10-17(23)11-19(15)25)21(28)14-30-13-16-7-5-6-8-18(16)24/h5-11,20H,3-4,12-14H2,1-2H3,(H,26,29)/t20-/m0/s1. The van der Waals surface area contributed by atoms with Crippen LogP contribution in [0.2, 0.25) is 15.1 Å². The van der Waals surface area contributed by atoms with E-state index in [1.54, 1.807) is 23.1 Å². The van der Waals surface area contributed by atoms with Crippen LogP contribution in [0.25, 0.3) is 0 Å². The molecule has 0 aliphatic heterocycles. The Hall–Kier alpha value is -1.40. The Labute approximate surface area is 197 Å². The molecule has 0 saturated heterocycles. The molecule has 8 heteroatoms. The molecule has 30 heavy (non-hydrogen) atoms. The maximum atomic E-state index is 13.1. The third-order valence-corrected chi connectivity index (χ3v) is 6.46. The summed E-state index contributed by atoms with van der Waals surface area (Å²) in [6.07, 6.45) is 0.498. The van der Waals surface area contributed by atoms with Crippen LogP contribution in [-0.2, 0) is 21.9 Å². The Morgan fingerprint density at radius 1 is 1.03 bits per heavy atom. The highest BCUT2D eigenvalue weighted by atomic mass is 35.5. The summed E-state index contributed by atoms with van der Waals surface area (Å²) >= 11 is 20.0. The van der Waals surface area contributed by atoms with E-state index in [4.69, 9.17) is 34.8 Å². The van der Waals surface area contributed by atoms with Crippen LogP contribution in [0.4, 0.5) is 0 Å². The maximum Gasteiger partial charge on any atom is 0.242 e. The van der Waals surface area contributed by atoms with Crippen molar-refractivity contribution < 1.29 is 9.59 Å². The highest BCUT2D eigenvalue weighted by molar-refractivity contribution is 7.99. The third-order valence-electron chi connectivity index (χ3n) is 4.53. The van der Waals surface area contributed by atoms with Gasteiger partial charge >= 0.3 is 0 Å².